The maximum Gasteiger partial charge on any atom is 0.224 e. The number of hydrogen-bond acceptors (Lipinski definition) is 5. The van der Waals surface area contributed by atoms with Gasteiger partial charge in [0, 0.05) is 6.54 Å². The van der Waals surface area contributed by atoms with Crippen LogP contribution in [0.25, 0.3) is 0 Å². The molecule has 0 aliphatic carbocycles. The molecule has 2 rings (SSSR count). The summed E-state index contributed by atoms with van der Waals surface area (Å²) < 4.78 is 15.9. The Morgan fingerprint density at radius 2 is 1.92 bits per heavy atom. The molecule has 0 spiro atoms. The summed E-state index contributed by atoms with van der Waals surface area (Å²) in [6, 6.07) is 3.62. The second-order valence-electron chi connectivity index (χ2n) is 6.06. The van der Waals surface area contributed by atoms with E-state index in [1.165, 1.54) is 12.8 Å². The van der Waals surface area contributed by atoms with Crippen molar-refractivity contribution < 1.29 is 19.0 Å². The topological polar surface area (TPSA) is 68.8 Å². The van der Waals surface area contributed by atoms with Gasteiger partial charge in [0.25, 0.3) is 0 Å². The lowest BCUT2D eigenvalue weighted by molar-refractivity contribution is -0.120. The van der Waals surface area contributed by atoms with Crippen LogP contribution in [0.4, 0.5) is 0 Å². The minimum atomic E-state index is 0.00745. The lowest BCUT2D eigenvalue weighted by Crippen LogP contribution is -2.33. The van der Waals surface area contributed by atoms with Crippen molar-refractivity contribution in [3.05, 3.63) is 17.7 Å². The third-order valence-corrected chi connectivity index (χ3v) is 4.36. The smallest absolute Gasteiger partial charge is 0.224 e. The molecular formula is C18H28N2O4. The van der Waals surface area contributed by atoms with Crippen molar-refractivity contribution >= 4 is 5.91 Å². The van der Waals surface area contributed by atoms with Gasteiger partial charge in [0.2, 0.25) is 11.7 Å². The number of piperidine rings is 1. The average molecular weight is 336 g/mol. The van der Waals surface area contributed by atoms with E-state index < -0.39 is 0 Å². The average Bonchev–Trinajstić information content (AvgIpc) is 2.61. The third-order valence-electron chi connectivity index (χ3n) is 4.36. The van der Waals surface area contributed by atoms with Crippen molar-refractivity contribution in [2.24, 2.45) is 5.92 Å². The summed E-state index contributed by atoms with van der Waals surface area (Å²) in [5, 5.41) is 6.40. The number of carbonyl (C=O) groups excluding carboxylic acids is 1. The SMILES string of the molecule is COc1cc(CC(=O)NCCC2CCCNC2)cc(OC)c1OC. The second kappa shape index (κ2) is 9.37. The molecule has 6 heteroatoms. The maximum atomic E-state index is 12.2. The first-order chi connectivity index (χ1) is 11.7. The van der Waals surface area contributed by atoms with Gasteiger partial charge in [-0.25, -0.2) is 0 Å². The van der Waals surface area contributed by atoms with Crippen LogP contribution in [-0.2, 0) is 11.2 Å². The molecule has 1 atom stereocenters. The van der Waals surface area contributed by atoms with Crippen LogP contribution in [0.1, 0.15) is 24.8 Å². The van der Waals surface area contributed by atoms with Crippen molar-refractivity contribution in [3.8, 4) is 17.2 Å². The quantitative estimate of drug-likeness (QED) is 0.757. The molecule has 134 valence electrons. The first-order valence-corrected chi connectivity index (χ1v) is 8.44. The van der Waals surface area contributed by atoms with Gasteiger partial charge < -0.3 is 24.8 Å². The van der Waals surface area contributed by atoms with E-state index >= 15 is 0 Å². The minimum Gasteiger partial charge on any atom is -0.493 e. The Bertz CT molecular complexity index is 517. The van der Waals surface area contributed by atoms with Gasteiger partial charge in [-0.3, -0.25) is 4.79 Å². The molecule has 1 aliphatic heterocycles. The Hall–Kier alpha value is -1.95. The van der Waals surface area contributed by atoms with Crippen LogP contribution < -0.4 is 24.8 Å². The molecule has 1 aromatic carbocycles. The fourth-order valence-electron chi connectivity index (χ4n) is 3.07. The first kappa shape index (κ1) is 18.4. The number of methoxy groups -OCH3 is 3. The summed E-state index contributed by atoms with van der Waals surface area (Å²) in [7, 11) is 4.70. The highest BCUT2D eigenvalue weighted by molar-refractivity contribution is 5.79. The van der Waals surface area contributed by atoms with Crippen LogP contribution in [0.15, 0.2) is 12.1 Å². The molecule has 24 heavy (non-hydrogen) atoms. The summed E-state index contributed by atoms with van der Waals surface area (Å²) in [6.45, 7) is 2.89. The molecule has 0 bridgehead atoms. The summed E-state index contributed by atoms with van der Waals surface area (Å²) in [5.41, 5.74) is 0.835. The van der Waals surface area contributed by atoms with Crippen LogP contribution >= 0.6 is 0 Å². The summed E-state index contributed by atoms with van der Waals surface area (Å²) in [5.74, 6) is 2.34. The molecule has 6 nitrogen and oxygen atoms in total. The number of hydrogen-bond donors (Lipinski definition) is 2. The maximum absolute atomic E-state index is 12.2. The molecule has 0 saturated carbocycles. The Kier molecular flexibility index (Phi) is 7.18. The highest BCUT2D eigenvalue weighted by Crippen LogP contribution is 2.38. The third kappa shape index (κ3) is 5.03. The first-order valence-electron chi connectivity index (χ1n) is 8.44. The van der Waals surface area contributed by atoms with Gasteiger partial charge >= 0.3 is 0 Å². The van der Waals surface area contributed by atoms with Gasteiger partial charge in [0.1, 0.15) is 0 Å². The van der Waals surface area contributed by atoms with E-state index in [1.807, 2.05) is 12.1 Å². The predicted octanol–water partition coefficient (Wildman–Crippen LogP) is 1.76. The van der Waals surface area contributed by atoms with Crippen molar-refractivity contribution in [1.82, 2.24) is 10.6 Å². The number of nitrogens with one attached hydrogen (secondary N) is 2. The van der Waals surface area contributed by atoms with Gasteiger partial charge in [0.05, 0.1) is 27.8 Å². The van der Waals surface area contributed by atoms with E-state index in [-0.39, 0.29) is 5.91 Å². The molecule has 1 aromatic rings. The van der Waals surface area contributed by atoms with E-state index in [1.54, 1.807) is 21.3 Å². The van der Waals surface area contributed by atoms with E-state index in [0.29, 0.717) is 29.6 Å². The zero-order chi connectivity index (χ0) is 17.4. The fraction of sp³-hybridized carbons (Fsp3) is 0.611. The summed E-state index contributed by atoms with van der Waals surface area (Å²) in [4.78, 5) is 12.2. The molecule has 1 fully saturated rings. The number of benzene rings is 1. The van der Waals surface area contributed by atoms with E-state index in [0.717, 1.165) is 31.6 Å². The van der Waals surface area contributed by atoms with Crippen LogP contribution in [0.5, 0.6) is 17.2 Å². The minimum absolute atomic E-state index is 0.00745. The molecule has 1 amide bonds. The van der Waals surface area contributed by atoms with E-state index in [9.17, 15) is 4.79 Å². The molecule has 2 N–H and O–H groups in total. The monoisotopic (exact) mass is 336 g/mol. The van der Waals surface area contributed by atoms with E-state index in [2.05, 4.69) is 10.6 Å². The van der Waals surface area contributed by atoms with Gasteiger partial charge in [0.15, 0.2) is 11.5 Å². The van der Waals surface area contributed by atoms with Crippen molar-refractivity contribution in [3.63, 3.8) is 0 Å². The Morgan fingerprint density at radius 1 is 1.21 bits per heavy atom. The Labute approximate surface area is 143 Å². The lowest BCUT2D eigenvalue weighted by Gasteiger charge is -2.22. The van der Waals surface area contributed by atoms with Gasteiger partial charge in [-0.2, -0.15) is 0 Å². The van der Waals surface area contributed by atoms with Crippen molar-refractivity contribution in [1.29, 1.82) is 0 Å². The largest absolute Gasteiger partial charge is 0.493 e. The summed E-state index contributed by atoms with van der Waals surface area (Å²) >= 11 is 0. The molecule has 1 aliphatic rings. The zero-order valence-electron chi connectivity index (χ0n) is 14.8. The number of ether oxygens (including phenoxy) is 3. The summed E-state index contributed by atoms with van der Waals surface area (Å²) in [6.07, 6.45) is 3.79. The lowest BCUT2D eigenvalue weighted by atomic mass is 9.96. The van der Waals surface area contributed by atoms with Crippen molar-refractivity contribution in [2.75, 3.05) is 41.0 Å². The van der Waals surface area contributed by atoms with Crippen molar-refractivity contribution in [2.45, 2.75) is 25.7 Å². The highest BCUT2D eigenvalue weighted by Gasteiger charge is 2.16. The molecule has 1 unspecified atom stereocenters. The number of rotatable bonds is 8. The van der Waals surface area contributed by atoms with Gasteiger partial charge in [-0.15, -0.1) is 0 Å². The van der Waals surface area contributed by atoms with Gasteiger partial charge in [-0.05, 0) is 56.0 Å². The molecule has 1 saturated heterocycles. The number of amides is 1. The Balaban J connectivity index is 1.88. The van der Waals surface area contributed by atoms with E-state index in [4.69, 9.17) is 14.2 Å². The Morgan fingerprint density at radius 3 is 2.46 bits per heavy atom. The molecular weight excluding hydrogens is 308 g/mol. The standard InChI is InChI=1S/C18H28N2O4/c1-22-15-9-14(10-16(23-2)18(15)24-3)11-17(21)20-8-6-13-5-4-7-19-12-13/h9-10,13,19H,4-8,11-12H2,1-3H3,(H,20,21). The zero-order valence-corrected chi connectivity index (χ0v) is 14.8. The highest BCUT2D eigenvalue weighted by atomic mass is 16.5. The van der Waals surface area contributed by atoms with Gasteiger partial charge in [-0.1, -0.05) is 0 Å². The molecule has 1 heterocycles. The predicted molar refractivity (Wildman–Crippen MR) is 93.0 cm³/mol. The second-order valence-corrected chi connectivity index (χ2v) is 6.06. The molecule has 0 radical (unpaired) electrons. The van der Waals surface area contributed by atoms with Crippen LogP contribution in [-0.4, -0.2) is 46.9 Å². The number of carbonyl (C=O) groups is 1. The van der Waals surface area contributed by atoms with Crippen LogP contribution in [0.2, 0.25) is 0 Å². The fourth-order valence-corrected chi connectivity index (χ4v) is 3.07. The normalized spacial score (nSPS) is 17.2. The van der Waals surface area contributed by atoms with Crippen LogP contribution in [0.3, 0.4) is 0 Å². The van der Waals surface area contributed by atoms with Crippen LogP contribution in [0, 0.1) is 5.92 Å². The molecule has 0 aromatic heterocycles.